The number of likely N-dealkylation sites (N-methyl/N-ethyl adjacent to an activating group) is 1. The van der Waals surface area contributed by atoms with Gasteiger partial charge in [0.1, 0.15) is 32.7 Å². The van der Waals surface area contributed by atoms with E-state index in [1.807, 2.05) is 16.8 Å². The SMILES string of the molecule is CC[NH+]1CC[NH+](Cc2nnnn2CCc2ccc(OC)c(OC)c2)CC1. The highest BCUT2D eigenvalue weighted by atomic mass is 16.5. The summed E-state index contributed by atoms with van der Waals surface area (Å²) >= 11 is 0. The number of aryl methyl sites for hydroxylation is 2. The lowest BCUT2D eigenvalue weighted by Gasteiger charge is -2.28. The van der Waals surface area contributed by atoms with Gasteiger partial charge in [-0.05, 0) is 41.5 Å². The Hall–Kier alpha value is -2.19. The number of tetrazole rings is 1. The second-order valence-corrected chi connectivity index (χ2v) is 6.79. The molecule has 1 aromatic carbocycles. The molecule has 1 saturated heterocycles. The summed E-state index contributed by atoms with van der Waals surface area (Å²) in [5.74, 6) is 2.47. The number of hydrogen-bond donors (Lipinski definition) is 2. The van der Waals surface area contributed by atoms with Crippen molar-refractivity contribution >= 4 is 0 Å². The molecule has 0 spiro atoms. The van der Waals surface area contributed by atoms with Gasteiger partial charge in [0.2, 0.25) is 5.82 Å². The molecule has 2 aromatic rings. The summed E-state index contributed by atoms with van der Waals surface area (Å²) in [6, 6.07) is 6.01. The molecule has 1 aliphatic heterocycles. The Bertz CT molecular complexity index is 697. The van der Waals surface area contributed by atoms with Crippen molar-refractivity contribution in [1.29, 1.82) is 0 Å². The van der Waals surface area contributed by atoms with E-state index in [-0.39, 0.29) is 0 Å². The molecule has 0 radical (unpaired) electrons. The van der Waals surface area contributed by atoms with Crippen LogP contribution in [0.5, 0.6) is 11.5 Å². The summed E-state index contributed by atoms with van der Waals surface area (Å²) in [4.78, 5) is 3.27. The molecule has 0 amide bonds. The number of quaternary nitrogens is 2. The predicted molar refractivity (Wildman–Crippen MR) is 96.7 cm³/mol. The minimum absolute atomic E-state index is 0.747. The molecule has 1 aliphatic rings. The van der Waals surface area contributed by atoms with Crippen LogP contribution in [0.2, 0.25) is 0 Å². The average molecular weight is 362 g/mol. The van der Waals surface area contributed by atoms with Gasteiger partial charge in [0.25, 0.3) is 0 Å². The van der Waals surface area contributed by atoms with E-state index < -0.39 is 0 Å². The molecule has 1 aromatic heterocycles. The summed E-state index contributed by atoms with van der Waals surface area (Å²) in [5.41, 5.74) is 1.18. The maximum Gasteiger partial charge on any atom is 0.206 e. The van der Waals surface area contributed by atoms with Crippen LogP contribution in [0, 0.1) is 0 Å². The Labute approximate surface area is 154 Å². The van der Waals surface area contributed by atoms with E-state index in [9.17, 15) is 0 Å². The van der Waals surface area contributed by atoms with E-state index >= 15 is 0 Å². The zero-order valence-corrected chi connectivity index (χ0v) is 16.0. The average Bonchev–Trinajstić information content (AvgIpc) is 3.13. The second-order valence-electron chi connectivity index (χ2n) is 6.79. The van der Waals surface area contributed by atoms with Crippen LogP contribution in [0.1, 0.15) is 18.3 Å². The summed E-state index contributed by atoms with van der Waals surface area (Å²) in [7, 11) is 3.30. The van der Waals surface area contributed by atoms with Gasteiger partial charge in [-0.25, -0.2) is 4.68 Å². The Balaban J connectivity index is 1.57. The third-order valence-corrected chi connectivity index (χ3v) is 5.24. The number of ether oxygens (including phenoxy) is 2. The molecule has 2 N–H and O–H groups in total. The van der Waals surface area contributed by atoms with Crippen molar-refractivity contribution in [3.05, 3.63) is 29.6 Å². The monoisotopic (exact) mass is 362 g/mol. The van der Waals surface area contributed by atoms with E-state index in [1.165, 1.54) is 38.3 Å². The van der Waals surface area contributed by atoms with Crippen molar-refractivity contribution in [2.45, 2.75) is 26.4 Å². The van der Waals surface area contributed by atoms with Gasteiger partial charge in [0.05, 0.1) is 20.8 Å². The van der Waals surface area contributed by atoms with Crippen LogP contribution >= 0.6 is 0 Å². The van der Waals surface area contributed by atoms with Crippen LogP contribution in [0.4, 0.5) is 0 Å². The van der Waals surface area contributed by atoms with Crippen molar-refractivity contribution in [2.24, 2.45) is 0 Å². The van der Waals surface area contributed by atoms with Crippen LogP contribution in [0.25, 0.3) is 0 Å². The summed E-state index contributed by atoms with van der Waals surface area (Å²) in [6.07, 6.45) is 0.849. The number of benzene rings is 1. The van der Waals surface area contributed by atoms with Gasteiger partial charge < -0.3 is 19.3 Å². The van der Waals surface area contributed by atoms with E-state index in [0.29, 0.717) is 0 Å². The quantitative estimate of drug-likeness (QED) is 0.582. The molecular formula is C18H30N6O2+2. The zero-order chi connectivity index (χ0) is 18.4. The molecule has 142 valence electrons. The van der Waals surface area contributed by atoms with Crippen molar-refractivity contribution < 1.29 is 19.3 Å². The van der Waals surface area contributed by atoms with Crippen LogP contribution in [0.15, 0.2) is 18.2 Å². The van der Waals surface area contributed by atoms with Gasteiger partial charge in [0, 0.05) is 6.54 Å². The van der Waals surface area contributed by atoms with Crippen molar-refractivity contribution in [2.75, 3.05) is 46.9 Å². The highest BCUT2D eigenvalue weighted by Crippen LogP contribution is 2.27. The standard InChI is InChI=1S/C18H28N6O2/c1-4-22-9-11-23(12-10-22)14-18-19-20-21-24(18)8-7-15-5-6-16(25-2)17(13-15)26-3/h5-6,13H,4,7-12,14H2,1-3H3/p+2. The van der Waals surface area contributed by atoms with Gasteiger partial charge >= 0.3 is 0 Å². The number of nitrogens with zero attached hydrogens (tertiary/aromatic N) is 4. The van der Waals surface area contributed by atoms with Gasteiger partial charge in [0.15, 0.2) is 11.5 Å². The number of aromatic nitrogens is 4. The van der Waals surface area contributed by atoms with Crippen LogP contribution in [-0.2, 0) is 19.5 Å². The lowest BCUT2D eigenvalue weighted by atomic mass is 10.1. The smallest absolute Gasteiger partial charge is 0.206 e. The minimum atomic E-state index is 0.747. The highest BCUT2D eigenvalue weighted by Gasteiger charge is 2.23. The molecule has 3 rings (SSSR count). The first kappa shape index (κ1) is 18.6. The Morgan fingerprint density at radius 3 is 2.46 bits per heavy atom. The number of rotatable bonds is 8. The molecule has 8 heteroatoms. The minimum Gasteiger partial charge on any atom is -0.493 e. The third-order valence-electron chi connectivity index (χ3n) is 5.24. The van der Waals surface area contributed by atoms with Crippen LogP contribution in [-0.4, -0.2) is 67.2 Å². The van der Waals surface area contributed by atoms with Crippen molar-refractivity contribution in [1.82, 2.24) is 20.2 Å². The van der Waals surface area contributed by atoms with E-state index in [0.717, 1.165) is 36.8 Å². The van der Waals surface area contributed by atoms with E-state index in [4.69, 9.17) is 9.47 Å². The molecule has 0 atom stereocenters. The molecule has 8 nitrogen and oxygen atoms in total. The predicted octanol–water partition coefficient (Wildman–Crippen LogP) is -1.76. The fourth-order valence-corrected chi connectivity index (χ4v) is 3.51. The zero-order valence-electron chi connectivity index (χ0n) is 16.0. The van der Waals surface area contributed by atoms with Crippen LogP contribution < -0.4 is 19.3 Å². The summed E-state index contributed by atoms with van der Waals surface area (Å²) in [6.45, 7) is 9.98. The molecule has 0 unspecified atom stereocenters. The van der Waals surface area contributed by atoms with E-state index in [2.05, 4.69) is 28.5 Å². The Morgan fingerprint density at radius 2 is 1.77 bits per heavy atom. The van der Waals surface area contributed by atoms with Gasteiger partial charge in [-0.1, -0.05) is 6.07 Å². The van der Waals surface area contributed by atoms with Crippen molar-refractivity contribution in [3.63, 3.8) is 0 Å². The fraction of sp³-hybridized carbons (Fsp3) is 0.611. The molecule has 0 saturated carbocycles. The fourth-order valence-electron chi connectivity index (χ4n) is 3.51. The van der Waals surface area contributed by atoms with Crippen LogP contribution in [0.3, 0.4) is 0 Å². The summed E-state index contributed by atoms with van der Waals surface area (Å²) < 4.78 is 12.6. The molecule has 0 aliphatic carbocycles. The summed E-state index contributed by atoms with van der Waals surface area (Å²) in [5, 5.41) is 12.3. The Kier molecular flexibility index (Phi) is 6.40. The first-order valence-electron chi connectivity index (χ1n) is 9.36. The maximum absolute atomic E-state index is 5.38. The number of piperazine rings is 1. The number of methoxy groups -OCH3 is 2. The van der Waals surface area contributed by atoms with Gasteiger partial charge in [-0.15, -0.1) is 5.10 Å². The van der Waals surface area contributed by atoms with Gasteiger partial charge in [-0.3, -0.25) is 0 Å². The first-order valence-corrected chi connectivity index (χ1v) is 9.36. The lowest BCUT2D eigenvalue weighted by molar-refractivity contribution is -1.02. The normalized spacial score (nSPS) is 20.1. The third kappa shape index (κ3) is 4.50. The molecule has 2 heterocycles. The second kappa shape index (κ2) is 8.95. The largest absolute Gasteiger partial charge is 0.493 e. The van der Waals surface area contributed by atoms with E-state index in [1.54, 1.807) is 24.0 Å². The van der Waals surface area contributed by atoms with Gasteiger partial charge in [-0.2, -0.15) is 0 Å². The molecule has 26 heavy (non-hydrogen) atoms. The first-order chi connectivity index (χ1) is 12.7. The lowest BCUT2D eigenvalue weighted by Crippen LogP contribution is -3.27. The van der Waals surface area contributed by atoms with Crippen molar-refractivity contribution in [3.8, 4) is 11.5 Å². The maximum atomic E-state index is 5.38. The molecular weight excluding hydrogens is 332 g/mol. The molecule has 0 bridgehead atoms. The molecule has 1 fully saturated rings. The number of nitrogens with one attached hydrogen (secondary N) is 2. The number of hydrogen-bond acceptors (Lipinski definition) is 5. The highest BCUT2D eigenvalue weighted by molar-refractivity contribution is 5.42. The topological polar surface area (TPSA) is 70.9 Å². The Morgan fingerprint density at radius 1 is 1.04 bits per heavy atom.